The molecular formula is C13H12Cl2O4. The van der Waals surface area contributed by atoms with E-state index in [0.717, 1.165) is 0 Å². The van der Waals surface area contributed by atoms with Crippen LogP contribution in [0.3, 0.4) is 0 Å². The summed E-state index contributed by atoms with van der Waals surface area (Å²) in [5, 5.41) is 8.70. The van der Waals surface area contributed by atoms with Crippen LogP contribution >= 0.6 is 23.2 Å². The van der Waals surface area contributed by atoms with Crippen molar-refractivity contribution in [3.05, 3.63) is 42.0 Å². The van der Waals surface area contributed by atoms with Gasteiger partial charge in [0.1, 0.15) is 5.75 Å². The summed E-state index contributed by atoms with van der Waals surface area (Å²) in [6.07, 6.45) is 0.558. The van der Waals surface area contributed by atoms with Crippen LogP contribution in [-0.4, -0.2) is 21.4 Å². The second kappa shape index (κ2) is 6.08. The Morgan fingerprint density at radius 1 is 1.32 bits per heavy atom. The second-order valence-electron chi connectivity index (χ2n) is 3.73. The van der Waals surface area contributed by atoms with Crippen molar-refractivity contribution in [1.82, 2.24) is 0 Å². The predicted octanol–water partition coefficient (Wildman–Crippen LogP) is 3.43. The van der Waals surface area contributed by atoms with Crippen LogP contribution in [0.15, 0.2) is 36.4 Å². The quantitative estimate of drug-likeness (QED) is 0.497. The molecule has 0 bridgehead atoms. The lowest BCUT2D eigenvalue weighted by Gasteiger charge is -2.16. The second-order valence-corrected chi connectivity index (χ2v) is 4.99. The molecule has 1 aromatic carbocycles. The van der Waals surface area contributed by atoms with Crippen LogP contribution in [0.5, 0.6) is 5.75 Å². The Kier molecular flexibility index (Phi) is 4.97. The fourth-order valence-corrected chi connectivity index (χ4v) is 1.41. The van der Waals surface area contributed by atoms with E-state index < -0.39 is 10.5 Å². The highest BCUT2D eigenvalue weighted by Crippen LogP contribution is 2.27. The fraction of sp³-hybridized carbons (Fsp3) is 0.231. The molecule has 0 amide bonds. The van der Waals surface area contributed by atoms with Crippen molar-refractivity contribution >= 4 is 35.0 Å². The summed E-state index contributed by atoms with van der Waals surface area (Å²) in [6.45, 7) is 5.49. The topological polar surface area (TPSA) is 63.6 Å². The average Bonchev–Trinajstić information content (AvgIpc) is 2.37. The zero-order valence-electron chi connectivity index (χ0n) is 10.2. The number of ether oxygens (including phenoxy) is 1. The van der Waals surface area contributed by atoms with E-state index in [2.05, 4.69) is 6.58 Å². The minimum absolute atomic E-state index is 0.145. The van der Waals surface area contributed by atoms with Gasteiger partial charge in [0.25, 0.3) is 0 Å². The Labute approximate surface area is 120 Å². The molecule has 102 valence electrons. The first-order valence-corrected chi connectivity index (χ1v) is 6.16. The fourth-order valence-electron chi connectivity index (χ4n) is 1.23. The van der Waals surface area contributed by atoms with Crippen molar-refractivity contribution in [2.45, 2.75) is 17.9 Å². The number of allylic oxidation sites excluding steroid dienone is 1. The van der Waals surface area contributed by atoms with Crippen LogP contribution in [0.2, 0.25) is 0 Å². The van der Waals surface area contributed by atoms with Crippen LogP contribution < -0.4 is 4.74 Å². The molecule has 1 rings (SSSR count). The first-order valence-electron chi connectivity index (χ1n) is 5.40. The molecule has 1 N–H and O–H groups in total. The third-order valence-electron chi connectivity index (χ3n) is 2.36. The summed E-state index contributed by atoms with van der Waals surface area (Å²) in [4.78, 5) is 22.5. The minimum Gasteiger partial charge on any atom is -0.476 e. The van der Waals surface area contributed by atoms with E-state index >= 15 is 0 Å². The number of hydrogen-bond acceptors (Lipinski definition) is 3. The number of rotatable bonds is 6. The van der Waals surface area contributed by atoms with E-state index in [-0.39, 0.29) is 11.5 Å². The summed E-state index contributed by atoms with van der Waals surface area (Å²) in [6, 6.07) is 5.81. The maximum atomic E-state index is 11.8. The molecule has 4 nitrogen and oxygen atoms in total. The SMILES string of the molecule is C=C(CC)C(=O)c1ccc(OC(Cl)(Cl)C(=O)O)cc1. The Bertz CT molecular complexity index is 506. The molecule has 0 heterocycles. The Morgan fingerprint density at radius 2 is 1.84 bits per heavy atom. The zero-order valence-corrected chi connectivity index (χ0v) is 11.7. The molecule has 0 fully saturated rings. The van der Waals surface area contributed by atoms with E-state index in [1.54, 1.807) is 0 Å². The molecule has 0 aliphatic heterocycles. The number of ketones is 1. The number of carboxylic acids is 1. The number of carbonyl (C=O) groups excluding carboxylic acids is 1. The van der Waals surface area contributed by atoms with Crippen molar-refractivity contribution in [2.24, 2.45) is 0 Å². The summed E-state index contributed by atoms with van der Waals surface area (Å²) >= 11 is 10.9. The molecule has 0 atom stereocenters. The summed E-state index contributed by atoms with van der Waals surface area (Å²) in [5.41, 5.74) is 0.924. The predicted molar refractivity (Wildman–Crippen MR) is 72.9 cm³/mol. The lowest BCUT2D eigenvalue weighted by molar-refractivity contribution is -0.143. The van der Waals surface area contributed by atoms with Gasteiger partial charge in [-0.2, -0.15) is 0 Å². The molecule has 0 spiro atoms. The van der Waals surface area contributed by atoms with Crippen molar-refractivity contribution in [3.8, 4) is 5.75 Å². The lowest BCUT2D eigenvalue weighted by atomic mass is 10.0. The first kappa shape index (κ1) is 15.5. The van der Waals surface area contributed by atoms with Gasteiger partial charge in [0.15, 0.2) is 5.78 Å². The number of halogens is 2. The molecule has 0 unspecified atom stereocenters. The normalized spacial score (nSPS) is 10.9. The van der Waals surface area contributed by atoms with E-state index in [1.165, 1.54) is 24.3 Å². The highest BCUT2D eigenvalue weighted by molar-refractivity contribution is 6.56. The Hall–Kier alpha value is -1.52. The molecule has 0 aromatic heterocycles. The van der Waals surface area contributed by atoms with E-state index in [0.29, 0.717) is 17.6 Å². The van der Waals surface area contributed by atoms with Crippen molar-refractivity contribution in [3.63, 3.8) is 0 Å². The summed E-state index contributed by atoms with van der Waals surface area (Å²) in [7, 11) is 0. The number of hydrogen-bond donors (Lipinski definition) is 1. The first-order chi connectivity index (χ1) is 8.77. The van der Waals surface area contributed by atoms with Crippen molar-refractivity contribution in [1.29, 1.82) is 0 Å². The van der Waals surface area contributed by atoms with Crippen LogP contribution in [0.4, 0.5) is 0 Å². The molecule has 0 saturated heterocycles. The Morgan fingerprint density at radius 3 is 2.26 bits per heavy atom. The highest BCUT2D eigenvalue weighted by atomic mass is 35.5. The van der Waals surface area contributed by atoms with Crippen molar-refractivity contribution < 1.29 is 19.4 Å². The van der Waals surface area contributed by atoms with Gasteiger partial charge in [-0.25, -0.2) is 4.79 Å². The van der Waals surface area contributed by atoms with Crippen molar-refractivity contribution in [2.75, 3.05) is 0 Å². The van der Waals surface area contributed by atoms with Gasteiger partial charge in [0.2, 0.25) is 0 Å². The highest BCUT2D eigenvalue weighted by Gasteiger charge is 2.36. The molecule has 1 aromatic rings. The van der Waals surface area contributed by atoms with Crippen LogP contribution in [-0.2, 0) is 4.79 Å². The molecule has 0 aliphatic carbocycles. The molecule has 0 aliphatic rings. The third-order valence-corrected chi connectivity index (χ3v) is 2.84. The average molecular weight is 303 g/mol. The number of alkyl halides is 2. The third kappa shape index (κ3) is 3.98. The van der Waals surface area contributed by atoms with Crippen LogP contribution in [0.25, 0.3) is 0 Å². The smallest absolute Gasteiger partial charge is 0.381 e. The van der Waals surface area contributed by atoms with Crippen LogP contribution in [0, 0.1) is 0 Å². The molecular weight excluding hydrogens is 291 g/mol. The van der Waals surface area contributed by atoms with Gasteiger partial charge in [0.05, 0.1) is 0 Å². The minimum atomic E-state index is -2.36. The van der Waals surface area contributed by atoms with E-state index in [9.17, 15) is 9.59 Å². The van der Waals surface area contributed by atoms with E-state index in [1.807, 2.05) is 6.92 Å². The largest absolute Gasteiger partial charge is 0.476 e. The maximum Gasteiger partial charge on any atom is 0.381 e. The van der Waals surface area contributed by atoms with Gasteiger partial charge in [-0.15, -0.1) is 0 Å². The standard InChI is InChI=1S/C13H12Cl2O4/c1-3-8(2)11(16)9-4-6-10(7-5-9)19-13(14,15)12(17)18/h4-7H,2-3H2,1H3,(H,17,18). The zero-order chi connectivity index (χ0) is 14.6. The van der Waals surface area contributed by atoms with Gasteiger partial charge in [-0.3, -0.25) is 4.79 Å². The number of benzene rings is 1. The van der Waals surface area contributed by atoms with Gasteiger partial charge < -0.3 is 9.84 Å². The van der Waals surface area contributed by atoms with Gasteiger partial charge >= 0.3 is 10.5 Å². The monoisotopic (exact) mass is 302 g/mol. The molecule has 0 saturated carbocycles. The summed E-state index contributed by atoms with van der Waals surface area (Å²) < 4.78 is 2.52. The van der Waals surface area contributed by atoms with Crippen LogP contribution in [0.1, 0.15) is 23.7 Å². The molecule has 19 heavy (non-hydrogen) atoms. The van der Waals surface area contributed by atoms with Gasteiger partial charge in [-0.1, -0.05) is 13.5 Å². The number of aliphatic carboxylic acids is 1. The van der Waals surface area contributed by atoms with Gasteiger partial charge in [0, 0.05) is 5.56 Å². The number of carbonyl (C=O) groups is 2. The number of carboxylic acid groups (broad SMARTS) is 1. The molecule has 6 heteroatoms. The summed E-state index contributed by atoms with van der Waals surface area (Å²) in [5.74, 6) is -1.54. The van der Waals surface area contributed by atoms with Gasteiger partial charge in [-0.05, 0) is 59.5 Å². The lowest BCUT2D eigenvalue weighted by Crippen LogP contribution is -2.32. The van der Waals surface area contributed by atoms with E-state index in [4.69, 9.17) is 33.0 Å². The Balaban J connectivity index is 2.86. The number of Topliss-reactive ketones (excluding diaryl/α,β-unsaturated/α-hetero) is 1. The maximum absolute atomic E-state index is 11.8. The molecule has 0 radical (unpaired) electrons.